The predicted molar refractivity (Wildman–Crippen MR) is 74.2 cm³/mol. The molecule has 0 atom stereocenters. The SMILES string of the molecule is CCCc1nc(C)c2c(Cl)nc3ccccc3n12. The lowest BCUT2D eigenvalue weighted by molar-refractivity contribution is 0.836. The van der Waals surface area contributed by atoms with E-state index < -0.39 is 0 Å². The van der Waals surface area contributed by atoms with Crippen molar-refractivity contribution in [2.45, 2.75) is 26.7 Å². The van der Waals surface area contributed by atoms with Gasteiger partial charge in [-0.25, -0.2) is 9.97 Å². The third-order valence-electron chi connectivity index (χ3n) is 3.13. The molecule has 3 aromatic rings. The van der Waals surface area contributed by atoms with Gasteiger partial charge in [-0.3, -0.25) is 4.40 Å². The first-order valence-corrected chi connectivity index (χ1v) is 6.52. The molecule has 2 aromatic heterocycles. The average molecular weight is 260 g/mol. The maximum atomic E-state index is 6.28. The lowest BCUT2D eigenvalue weighted by Gasteiger charge is -2.06. The zero-order valence-corrected chi connectivity index (χ0v) is 11.2. The van der Waals surface area contributed by atoms with Gasteiger partial charge in [0.05, 0.1) is 16.7 Å². The summed E-state index contributed by atoms with van der Waals surface area (Å²) >= 11 is 6.28. The summed E-state index contributed by atoms with van der Waals surface area (Å²) in [4.78, 5) is 9.07. The van der Waals surface area contributed by atoms with Crippen molar-refractivity contribution in [1.29, 1.82) is 0 Å². The summed E-state index contributed by atoms with van der Waals surface area (Å²) in [6, 6.07) is 8.03. The highest BCUT2D eigenvalue weighted by Crippen LogP contribution is 2.26. The second-order valence-corrected chi connectivity index (χ2v) is 4.80. The largest absolute Gasteiger partial charge is 0.292 e. The molecule has 0 amide bonds. The number of hydrogen-bond donors (Lipinski definition) is 0. The topological polar surface area (TPSA) is 30.2 Å². The Morgan fingerprint density at radius 1 is 1.22 bits per heavy atom. The van der Waals surface area contributed by atoms with Crippen molar-refractivity contribution in [3.8, 4) is 0 Å². The van der Waals surface area contributed by atoms with E-state index in [-0.39, 0.29) is 0 Å². The van der Waals surface area contributed by atoms with E-state index in [9.17, 15) is 0 Å². The number of hydrogen-bond acceptors (Lipinski definition) is 2. The van der Waals surface area contributed by atoms with Crippen molar-refractivity contribution >= 4 is 28.2 Å². The Kier molecular flexibility index (Phi) is 2.71. The first-order chi connectivity index (χ1) is 8.72. The quantitative estimate of drug-likeness (QED) is 0.701. The number of nitrogens with zero attached hydrogens (tertiary/aromatic N) is 3. The molecule has 0 spiro atoms. The van der Waals surface area contributed by atoms with Gasteiger partial charge in [-0.1, -0.05) is 30.7 Å². The number of aryl methyl sites for hydroxylation is 2. The van der Waals surface area contributed by atoms with E-state index in [2.05, 4.69) is 27.4 Å². The van der Waals surface area contributed by atoms with E-state index in [0.717, 1.165) is 40.9 Å². The molecule has 3 nitrogen and oxygen atoms in total. The summed E-state index contributed by atoms with van der Waals surface area (Å²) in [5.74, 6) is 1.06. The lowest BCUT2D eigenvalue weighted by atomic mass is 10.2. The second kappa shape index (κ2) is 4.25. The van der Waals surface area contributed by atoms with Gasteiger partial charge in [0.25, 0.3) is 0 Å². The smallest absolute Gasteiger partial charge is 0.155 e. The molecule has 0 aliphatic rings. The maximum absolute atomic E-state index is 6.28. The molecule has 0 saturated carbocycles. The van der Waals surface area contributed by atoms with Crippen LogP contribution < -0.4 is 0 Å². The molecule has 92 valence electrons. The van der Waals surface area contributed by atoms with Crippen LogP contribution in [-0.2, 0) is 6.42 Å². The van der Waals surface area contributed by atoms with Gasteiger partial charge in [0.15, 0.2) is 5.15 Å². The summed E-state index contributed by atoms with van der Waals surface area (Å²) in [6.45, 7) is 4.14. The molecule has 2 heterocycles. The third-order valence-corrected chi connectivity index (χ3v) is 3.39. The van der Waals surface area contributed by atoms with Crippen LogP contribution in [0.5, 0.6) is 0 Å². The van der Waals surface area contributed by atoms with Gasteiger partial charge in [0.1, 0.15) is 11.3 Å². The Hall–Kier alpha value is -1.61. The van der Waals surface area contributed by atoms with Gasteiger partial charge in [0, 0.05) is 6.42 Å². The van der Waals surface area contributed by atoms with Gasteiger partial charge < -0.3 is 0 Å². The average Bonchev–Trinajstić information content (AvgIpc) is 2.68. The first-order valence-electron chi connectivity index (χ1n) is 6.14. The number of para-hydroxylation sites is 2. The molecule has 18 heavy (non-hydrogen) atoms. The zero-order chi connectivity index (χ0) is 12.7. The Morgan fingerprint density at radius 3 is 2.78 bits per heavy atom. The number of rotatable bonds is 2. The van der Waals surface area contributed by atoms with Gasteiger partial charge in [-0.05, 0) is 25.5 Å². The van der Waals surface area contributed by atoms with Crippen molar-refractivity contribution in [3.63, 3.8) is 0 Å². The van der Waals surface area contributed by atoms with Crippen molar-refractivity contribution < 1.29 is 0 Å². The number of fused-ring (bicyclic) bond motifs is 3. The van der Waals surface area contributed by atoms with Crippen molar-refractivity contribution in [2.24, 2.45) is 0 Å². The molecule has 0 N–H and O–H groups in total. The van der Waals surface area contributed by atoms with E-state index in [1.54, 1.807) is 0 Å². The molecule has 1 aromatic carbocycles. The van der Waals surface area contributed by atoms with Crippen LogP contribution in [0.2, 0.25) is 5.15 Å². The minimum Gasteiger partial charge on any atom is -0.292 e. The summed E-state index contributed by atoms with van der Waals surface area (Å²) in [5.41, 5.74) is 3.85. The summed E-state index contributed by atoms with van der Waals surface area (Å²) in [6.07, 6.45) is 2.01. The Labute approximate surface area is 110 Å². The van der Waals surface area contributed by atoms with Crippen LogP contribution in [0.4, 0.5) is 0 Å². The lowest BCUT2D eigenvalue weighted by Crippen LogP contribution is -1.98. The van der Waals surface area contributed by atoms with Crippen LogP contribution >= 0.6 is 11.6 Å². The van der Waals surface area contributed by atoms with Crippen LogP contribution in [0.15, 0.2) is 24.3 Å². The highest BCUT2D eigenvalue weighted by Gasteiger charge is 2.14. The minimum absolute atomic E-state index is 0.529. The fourth-order valence-corrected chi connectivity index (χ4v) is 2.70. The Bertz CT molecular complexity index is 731. The monoisotopic (exact) mass is 259 g/mol. The molecule has 0 fully saturated rings. The molecule has 0 aliphatic heterocycles. The van der Waals surface area contributed by atoms with Crippen LogP contribution in [-0.4, -0.2) is 14.4 Å². The number of aromatic nitrogens is 3. The Balaban J connectivity index is 2.52. The van der Waals surface area contributed by atoms with Crippen molar-refractivity contribution in [3.05, 3.63) is 40.9 Å². The Morgan fingerprint density at radius 2 is 2.00 bits per heavy atom. The molecule has 0 unspecified atom stereocenters. The molecular weight excluding hydrogens is 246 g/mol. The van der Waals surface area contributed by atoms with Crippen molar-refractivity contribution in [2.75, 3.05) is 0 Å². The summed E-state index contributed by atoms with van der Waals surface area (Å²) in [7, 11) is 0. The van der Waals surface area contributed by atoms with Crippen LogP contribution in [0.3, 0.4) is 0 Å². The van der Waals surface area contributed by atoms with Crippen LogP contribution in [0.25, 0.3) is 16.6 Å². The van der Waals surface area contributed by atoms with Crippen LogP contribution in [0, 0.1) is 6.92 Å². The number of imidazole rings is 1. The molecule has 0 bridgehead atoms. The fraction of sp³-hybridized carbons (Fsp3) is 0.286. The highest BCUT2D eigenvalue weighted by molar-refractivity contribution is 6.33. The first kappa shape index (κ1) is 11.5. The maximum Gasteiger partial charge on any atom is 0.155 e. The van der Waals surface area contributed by atoms with E-state index in [1.165, 1.54) is 0 Å². The molecule has 0 saturated heterocycles. The van der Waals surface area contributed by atoms with Gasteiger partial charge in [-0.2, -0.15) is 0 Å². The summed E-state index contributed by atoms with van der Waals surface area (Å²) < 4.78 is 2.14. The standard InChI is InChI=1S/C14H14ClN3/c1-3-6-12-16-9(2)13-14(15)17-10-7-4-5-8-11(10)18(12)13/h4-5,7-8H,3,6H2,1-2H3. The fourth-order valence-electron chi connectivity index (χ4n) is 2.39. The van der Waals surface area contributed by atoms with Crippen LogP contribution in [0.1, 0.15) is 24.9 Å². The third kappa shape index (κ3) is 1.58. The molecule has 0 aliphatic carbocycles. The highest BCUT2D eigenvalue weighted by atomic mass is 35.5. The molecule has 0 radical (unpaired) electrons. The van der Waals surface area contributed by atoms with E-state index in [4.69, 9.17) is 11.6 Å². The second-order valence-electron chi connectivity index (χ2n) is 4.44. The normalized spacial score (nSPS) is 11.5. The van der Waals surface area contributed by atoms with E-state index in [0.29, 0.717) is 5.15 Å². The summed E-state index contributed by atoms with van der Waals surface area (Å²) in [5, 5.41) is 0.529. The van der Waals surface area contributed by atoms with E-state index in [1.807, 2.05) is 25.1 Å². The minimum atomic E-state index is 0.529. The van der Waals surface area contributed by atoms with Gasteiger partial charge in [0.2, 0.25) is 0 Å². The van der Waals surface area contributed by atoms with Crippen molar-refractivity contribution in [1.82, 2.24) is 14.4 Å². The predicted octanol–water partition coefficient (Wildman–Crippen LogP) is 3.80. The molecule has 3 rings (SSSR count). The van der Waals surface area contributed by atoms with E-state index >= 15 is 0 Å². The number of benzene rings is 1. The molecule has 4 heteroatoms. The van der Waals surface area contributed by atoms with Gasteiger partial charge >= 0.3 is 0 Å². The molecular formula is C14H14ClN3. The number of halogens is 1. The van der Waals surface area contributed by atoms with Gasteiger partial charge in [-0.15, -0.1) is 0 Å². The zero-order valence-electron chi connectivity index (χ0n) is 10.4.